The van der Waals surface area contributed by atoms with E-state index in [4.69, 9.17) is 14.0 Å². The molecule has 2 saturated heterocycles. The van der Waals surface area contributed by atoms with Crippen molar-refractivity contribution in [1.82, 2.24) is 15.0 Å². The van der Waals surface area contributed by atoms with Gasteiger partial charge in [-0.2, -0.15) is 4.98 Å². The van der Waals surface area contributed by atoms with Gasteiger partial charge in [0.15, 0.2) is 0 Å². The highest BCUT2D eigenvalue weighted by molar-refractivity contribution is 7.10. The molecule has 0 N–H and O–H groups in total. The quantitative estimate of drug-likeness (QED) is 0.763. The molecule has 4 rings (SSSR count). The van der Waals surface area contributed by atoms with E-state index in [1.807, 2.05) is 18.3 Å². The average molecular weight is 378 g/mol. The highest BCUT2D eigenvalue weighted by Crippen LogP contribution is 2.38. The zero-order valence-electron chi connectivity index (χ0n) is 15.6. The van der Waals surface area contributed by atoms with Gasteiger partial charge in [-0.05, 0) is 56.5 Å². The van der Waals surface area contributed by atoms with Crippen LogP contribution in [0.2, 0.25) is 0 Å². The van der Waals surface area contributed by atoms with Gasteiger partial charge in [-0.1, -0.05) is 5.16 Å². The number of ether oxygens (including phenoxy) is 2. The minimum atomic E-state index is -0.459. The van der Waals surface area contributed by atoms with Crippen LogP contribution in [0.5, 0.6) is 0 Å². The molecule has 6 nitrogen and oxygen atoms in total. The Labute approximate surface area is 158 Å². The van der Waals surface area contributed by atoms with Crippen molar-refractivity contribution in [3.05, 3.63) is 33.6 Å². The lowest BCUT2D eigenvalue weighted by molar-refractivity contribution is -0.104. The fraction of sp³-hybridized carbons (Fsp3) is 0.684. The second-order valence-corrected chi connectivity index (χ2v) is 8.19. The van der Waals surface area contributed by atoms with Gasteiger partial charge in [0.25, 0.3) is 5.89 Å². The first-order valence-electron chi connectivity index (χ1n) is 9.55. The Hall–Kier alpha value is -1.28. The normalized spacial score (nSPS) is 23.5. The van der Waals surface area contributed by atoms with Gasteiger partial charge < -0.3 is 14.0 Å². The molecule has 0 saturated carbocycles. The molecule has 0 amide bonds. The van der Waals surface area contributed by atoms with E-state index in [1.54, 1.807) is 0 Å². The Kier molecular flexibility index (Phi) is 5.40. The summed E-state index contributed by atoms with van der Waals surface area (Å²) in [6, 6.07) is 2.19. The van der Waals surface area contributed by atoms with E-state index in [2.05, 4.69) is 33.4 Å². The Morgan fingerprint density at radius 3 is 2.88 bits per heavy atom. The molecule has 2 aliphatic rings. The maximum absolute atomic E-state index is 6.18. The van der Waals surface area contributed by atoms with Gasteiger partial charge in [0.05, 0.1) is 0 Å². The zero-order chi connectivity index (χ0) is 18.0. The molecule has 1 atom stereocenters. The summed E-state index contributed by atoms with van der Waals surface area (Å²) < 4.78 is 17.5. The summed E-state index contributed by atoms with van der Waals surface area (Å²) in [4.78, 5) is 8.62. The van der Waals surface area contributed by atoms with Crippen LogP contribution in [0.25, 0.3) is 0 Å². The molecule has 0 bridgehead atoms. The number of aromatic nitrogens is 2. The van der Waals surface area contributed by atoms with Crippen molar-refractivity contribution in [2.75, 3.05) is 26.3 Å². The molecule has 4 heterocycles. The van der Waals surface area contributed by atoms with Crippen LogP contribution < -0.4 is 0 Å². The third-order valence-corrected chi connectivity index (χ3v) is 6.48. The molecule has 0 unspecified atom stereocenters. The van der Waals surface area contributed by atoms with Crippen molar-refractivity contribution >= 4 is 11.3 Å². The van der Waals surface area contributed by atoms with Crippen LogP contribution in [-0.4, -0.2) is 41.3 Å². The average Bonchev–Trinajstić information content (AvgIpc) is 3.39. The number of likely N-dealkylation sites (tertiary alicyclic amines) is 1. The minimum Gasteiger partial charge on any atom is -0.370 e. The van der Waals surface area contributed by atoms with Crippen LogP contribution in [0.1, 0.15) is 60.9 Å². The molecule has 0 radical (unpaired) electrons. The van der Waals surface area contributed by atoms with Gasteiger partial charge in [0.1, 0.15) is 11.7 Å². The molecule has 2 aliphatic heterocycles. The van der Waals surface area contributed by atoms with Crippen molar-refractivity contribution in [3.63, 3.8) is 0 Å². The van der Waals surface area contributed by atoms with Crippen molar-refractivity contribution in [1.29, 1.82) is 0 Å². The lowest BCUT2D eigenvalue weighted by atomic mass is 9.90. The molecular formula is C19H27N3O3S. The predicted octanol–water partition coefficient (Wildman–Crippen LogP) is 3.82. The van der Waals surface area contributed by atoms with E-state index in [9.17, 15) is 0 Å². The second-order valence-electron chi connectivity index (χ2n) is 7.19. The number of piperidine rings is 1. The maximum Gasteiger partial charge on any atom is 0.259 e. The van der Waals surface area contributed by atoms with E-state index in [0.29, 0.717) is 18.3 Å². The third-order valence-electron chi connectivity index (χ3n) is 5.47. The van der Waals surface area contributed by atoms with Crippen LogP contribution in [-0.2, 0) is 21.6 Å². The lowest BCUT2D eigenvalue weighted by Gasteiger charge is -2.38. The van der Waals surface area contributed by atoms with E-state index in [0.717, 1.165) is 51.9 Å². The molecule has 7 heteroatoms. The van der Waals surface area contributed by atoms with Gasteiger partial charge in [0, 0.05) is 37.7 Å². The Balaban J connectivity index is 1.45. The van der Waals surface area contributed by atoms with E-state index >= 15 is 0 Å². The molecule has 26 heavy (non-hydrogen) atoms. The SMILES string of the molecule is CCOC1(c2nc([C@H]3CCCO3)no2)CCN(Cc2sccc2C)CC1. The summed E-state index contributed by atoms with van der Waals surface area (Å²) in [5.74, 6) is 1.30. The number of rotatable bonds is 6. The third kappa shape index (κ3) is 3.58. The Morgan fingerprint density at radius 1 is 1.38 bits per heavy atom. The minimum absolute atomic E-state index is 0.0203. The number of thiophene rings is 1. The fourth-order valence-electron chi connectivity index (χ4n) is 3.87. The summed E-state index contributed by atoms with van der Waals surface area (Å²) in [5.41, 5.74) is 0.925. The predicted molar refractivity (Wildman–Crippen MR) is 99.1 cm³/mol. The number of aryl methyl sites for hydroxylation is 1. The summed E-state index contributed by atoms with van der Waals surface area (Å²) in [7, 11) is 0. The van der Waals surface area contributed by atoms with Crippen LogP contribution in [0, 0.1) is 6.92 Å². The molecule has 0 aliphatic carbocycles. The standard InChI is InChI=1S/C19H27N3O3S/c1-3-24-19(18-20-17(21-25-18)15-5-4-11-23-15)7-9-22(10-8-19)13-16-14(2)6-12-26-16/h6,12,15H,3-5,7-11,13H2,1-2H3/t15-/m1/s1. The van der Waals surface area contributed by atoms with Crippen LogP contribution in [0.15, 0.2) is 16.0 Å². The van der Waals surface area contributed by atoms with Gasteiger partial charge in [-0.15, -0.1) is 11.3 Å². The topological polar surface area (TPSA) is 60.6 Å². The number of hydrogen-bond donors (Lipinski definition) is 0. The fourth-order valence-corrected chi connectivity index (χ4v) is 4.82. The van der Waals surface area contributed by atoms with Crippen molar-refractivity contribution < 1.29 is 14.0 Å². The molecule has 2 aromatic rings. The highest BCUT2D eigenvalue weighted by Gasteiger charge is 2.42. The van der Waals surface area contributed by atoms with Gasteiger partial charge in [0.2, 0.25) is 5.82 Å². The summed E-state index contributed by atoms with van der Waals surface area (Å²) >= 11 is 1.84. The van der Waals surface area contributed by atoms with Gasteiger partial charge in [-0.3, -0.25) is 4.90 Å². The van der Waals surface area contributed by atoms with Crippen LogP contribution >= 0.6 is 11.3 Å². The molecule has 0 aromatic carbocycles. The van der Waals surface area contributed by atoms with E-state index in [1.165, 1.54) is 10.4 Å². The molecule has 0 spiro atoms. The summed E-state index contributed by atoms with van der Waals surface area (Å²) in [6.07, 6.45) is 3.75. The molecular weight excluding hydrogens is 350 g/mol. The number of nitrogens with zero attached hydrogens (tertiary/aromatic N) is 3. The first kappa shape index (κ1) is 18.1. The first-order valence-corrected chi connectivity index (χ1v) is 10.4. The Bertz CT molecular complexity index is 715. The van der Waals surface area contributed by atoms with Crippen molar-refractivity contribution in [3.8, 4) is 0 Å². The first-order chi connectivity index (χ1) is 12.7. The van der Waals surface area contributed by atoms with Gasteiger partial charge >= 0.3 is 0 Å². The Morgan fingerprint density at radius 2 is 2.23 bits per heavy atom. The van der Waals surface area contributed by atoms with Crippen LogP contribution in [0.3, 0.4) is 0 Å². The lowest BCUT2D eigenvalue weighted by Crippen LogP contribution is -2.44. The summed E-state index contributed by atoms with van der Waals surface area (Å²) in [5, 5.41) is 6.36. The smallest absolute Gasteiger partial charge is 0.259 e. The largest absolute Gasteiger partial charge is 0.370 e. The monoisotopic (exact) mass is 377 g/mol. The zero-order valence-corrected chi connectivity index (χ0v) is 16.4. The number of hydrogen-bond acceptors (Lipinski definition) is 7. The van der Waals surface area contributed by atoms with Crippen LogP contribution in [0.4, 0.5) is 0 Å². The van der Waals surface area contributed by atoms with Crippen molar-refractivity contribution in [2.45, 2.75) is 57.8 Å². The molecule has 2 fully saturated rings. The van der Waals surface area contributed by atoms with E-state index < -0.39 is 5.60 Å². The highest BCUT2D eigenvalue weighted by atomic mass is 32.1. The second kappa shape index (κ2) is 7.76. The molecule has 2 aromatic heterocycles. The van der Waals surface area contributed by atoms with E-state index in [-0.39, 0.29) is 6.10 Å². The maximum atomic E-state index is 6.18. The van der Waals surface area contributed by atoms with Gasteiger partial charge in [-0.25, -0.2) is 0 Å². The summed E-state index contributed by atoms with van der Waals surface area (Å²) in [6.45, 7) is 8.58. The molecule has 142 valence electrons. The van der Waals surface area contributed by atoms with Crippen molar-refractivity contribution in [2.24, 2.45) is 0 Å².